The predicted molar refractivity (Wildman–Crippen MR) is 82.1 cm³/mol. The SMILES string of the molecule is CC[C@@]1(C(=O)O)CCC[C@H]1C(=O)c1cc(C2CC2)c(O)cc1F. The van der Waals surface area contributed by atoms with E-state index in [2.05, 4.69) is 0 Å². The van der Waals surface area contributed by atoms with Crippen molar-refractivity contribution >= 4 is 11.8 Å². The van der Waals surface area contributed by atoms with E-state index in [0.29, 0.717) is 31.2 Å². The van der Waals surface area contributed by atoms with Crippen LogP contribution in [0.15, 0.2) is 12.1 Å². The highest BCUT2D eigenvalue weighted by atomic mass is 19.1. The summed E-state index contributed by atoms with van der Waals surface area (Å²) in [5.41, 5.74) is -0.568. The van der Waals surface area contributed by atoms with Crippen molar-refractivity contribution in [3.63, 3.8) is 0 Å². The van der Waals surface area contributed by atoms with Crippen molar-refractivity contribution < 1.29 is 24.2 Å². The number of rotatable bonds is 5. The van der Waals surface area contributed by atoms with Crippen LogP contribution < -0.4 is 0 Å². The van der Waals surface area contributed by atoms with E-state index in [1.807, 2.05) is 0 Å². The molecule has 0 radical (unpaired) electrons. The number of aromatic hydroxyl groups is 1. The van der Waals surface area contributed by atoms with Crippen molar-refractivity contribution in [2.45, 2.75) is 51.4 Å². The van der Waals surface area contributed by atoms with Gasteiger partial charge in [0.1, 0.15) is 11.6 Å². The topological polar surface area (TPSA) is 74.6 Å². The summed E-state index contributed by atoms with van der Waals surface area (Å²) >= 11 is 0. The summed E-state index contributed by atoms with van der Waals surface area (Å²) in [5, 5.41) is 19.5. The van der Waals surface area contributed by atoms with E-state index in [1.54, 1.807) is 6.92 Å². The van der Waals surface area contributed by atoms with E-state index in [-0.39, 0.29) is 17.2 Å². The van der Waals surface area contributed by atoms with Gasteiger partial charge < -0.3 is 10.2 Å². The minimum absolute atomic E-state index is 0.0734. The molecule has 2 aliphatic rings. The van der Waals surface area contributed by atoms with E-state index in [9.17, 15) is 24.2 Å². The van der Waals surface area contributed by atoms with Crippen LogP contribution in [-0.2, 0) is 4.79 Å². The van der Waals surface area contributed by atoms with Crippen LogP contribution in [0.1, 0.15) is 67.3 Å². The number of hydrogen-bond acceptors (Lipinski definition) is 3. The molecule has 0 spiro atoms. The number of phenols is 1. The van der Waals surface area contributed by atoms with Gasteiger partial charge in [-0.15, -0.1) is 0 Å². The molecule has 0 aromatic heterocycles. The van der Waals surface area contributed by atoms with Gasteiger partial charge in [0, 0.05) is 12.0 Å². The van der Waals surface area contributed by atoms with E-state index in [0.717, 1.165) is 18.9 Å². The number of hydrogen-bond donors (Lipinski definition) is 2. The fourth-order valence-corrected chi connectivity index (χ4v) is 3.96. The van der Waals surface area contributed by atoms with Crippen LogP contribution in [0, 0.1) is 17.2 Å². The maximum absolute atomic E-state index is 14.2. The number of aliphatic carboxylic acids is 1. The minimum Gasteiger partial charge on any atom is -0.508 e. The average Bonchev–Trinajstić information content (AvgIpc) is 3.24. The summed E-state index contributed by atoms with van der Waals surface area (Å²) in [6, 6.07) is 2.43. The zero-order valence-corrected chi connectivity index (χ0v) is 13.1. The number of benzene rings is 1. The van der Waals surface area contributed by atoms with E-state index >= 15 is 0 Å². The molecular weight excluding hydrogens is 299 g/mol. The molecule has 0 bridgehead atoms. The third-order valence-corrected chi connectivity index (χ3v) is 5.56. The van der Waals surface area contributed by atoms with Crippen LogP contribution in [0.4, 0.5) is 4.39 Å². The second kappa shape index (κ2) is 5.62. The Morgan fingerprint density at radius 1 is 1.30 bits per heavy atom. The molecule has 2 fully saturated rings. The molecule has 2 aliphatic carbocycles. The second-order valence-electron chi connectivity index (χ2n) is 6.79. The molecule has 0 heterocycles. The first-order valence-corrected chi connectivity index (χ1v) is 8.20. The molecule has 4 nitrogen and oxygen atoms in total. The number of phenolic OH excluding ortho intramolecular Hbond substituents is 1. The number of carbonyl (C=O) groups is 2. The lowest BCUT2D eigenvalue weighted by atomic mass is 9.72. The van der Waals surface area contributed by atoms with Gasteiger partial charge in [-0.2, -0.15) is 0 Å². The zero-order chi connectivity index (χ0) is 16.8. The fraction of sp³-hybridized carbons (Fsp3) is 0.556. The summed E-state index contributed by atoms with van der Waals surface area (Å²) in [4.78, 5) is 24.6. The van der Waals surface area contributed by atoms with Crippen LogP contribution >= 0.6 is 0 Å². The van der Waals surface area contributed by atoms with Crippen molar-refractivity contribution in [2.75, 3.05) is 0 Å². The highest BCUT2D eigenvalue weighted by Crippen LogP contribution is 2.49. The molecule has 0 unspecified atom stereocenters. The smallest absolute Gasteiger partial charge is 0.310 e. The number of carbonyl (C=O) groups excluding carboxylic acids is 1. The Morgan fingerprint density at radius 2 is 2.00 bits per heavy atom. The molecular formula is C18H21FO4. The number of halogens is 1. The van der Waals surface area contributed by atoms with Crippen molar-refractivity contribution in [1.29, 1.82) is 0 Å². The summed E-state index contributed by atoms with van der Waals surface area (Å²) in [6.45, 7) is 1.77. The molecule has 124 valence electrons. The Labute approximate surface area is 134 Å². The Balaban J connectivity index is 2.00. The van der Waals surface area contributed by atoms with Crippen LogP contribution in [-0.4, -0.2) is 22.0 Å². The molecule has 1 aromatic rings. The van der Waals surface area contributed by atoms with E-state index in [4.69, 9.17) is 0 Å². The van der Waals surface area contributed by atoms with Gasteiger partial charge in [0.15, 0.2) is 5.78 Å². The molecule has 2 atom stereocenters. The summed E-state index contributed by atoms with van der Waals surface area (Å²) in [7, 11) is 0. The highest BCUT2D eigenvalue weighted by Gasteiger charge is 2.51. The van der Waals surface area contributed by atoms with Gasteiger partial charge in [-0.1, -0.05) is 13.3 Å². The largest absolute Gasteiger partial charge is 0.508 e. The van der Waals surface area contributed by atoms with Gasteiger partial charge in [0.2, 0.25) is 0 Å². The Bertz CT molecular complexity index is 665. The monoisotopic (exact) mass is 320 g/mol. The molecule has 3 rings (SSSR count). The number of carboxylic acid groups (broad SMARTS) is 1. The summed E-state index contributed by atoms with van der Waals surface area (Å²) in [5.74, 6) is -2.81. The first kappa shape index (κ1) is 16.0. The highest BCUT2D eigenvalue weighted by molar-refractivity contribution is 6.01. The number of carboxylic acids is 1. The van der Waals surface area contributed by atoms with Crippen molar-refractivity contribution in [2.24, 2.45) is 11.3 Å². The fourth-order valence-electron chi connectivity index (χ4n) is 3.96. The first-order chi connectivity index (χ1) is 10.9. The van der Waals surface area contributed by atoms with Gasteiger partial charge in [-0.25, -0.2) is 4.39 Å². The summed E-state index contributed by atoms with van der Waals surface area (Å²) < 4.78 is 14.2. The quantitative estimate of drug-likeness (QED) is 0.808. The van der Waals surface area contributed by atoms with Crippen molar-refractivity contribution in [1.82, 2.24) is 0 Å². The minimum atomic E-state index is -1.10. The maximum atomic E-state index is 14.2. The van der Waals surface area contributed by atoms with Crippen molar-refractivity contribution in [3.05, 3.63) is 29.1 Å². The van der Waals surface area contributed by atoms with Gasteiger partial charge in [0.05, 0.1) is 11.0 Å². The first-order valence-electron chi connectivity index (χ1n) is 8.20. The zero-order valence-electron chi connectivity index (χ0n) is 13.1. The summed E-state index contributed by atoms with van der Waals surface area (Å²) in [6.07, 6.45) is 3.77. The Kier molecular flexibility index (Phi) is 3.90. The second-order valence-corrected chi connectivity index (χ2v) is 6.79. The normalized spacial score (nSPS) is 27.1. The van der Waals surface area contributed by atoms with Gasteiger partial charge in [0.25, 0.3) is 0 Å². The van der Waals surface area contributed by atoms with Gasteiger partial charge >= 0.3 is 5.97 Å². The maximum Gasteiger partial charge on any atom is 0.310 e. The third-order valence-electron chi connectivity index (χ3n) is 5.56. The van der Waals surface area contributed by atoms with Crippen LogP contribution in [0.3, 0.4) is 0 Å². The number of Topliss-reactive ketones (excluding diaryl/α,β-unsaturated/α-hetero) is 1. The predicted octanol–water partition coefficient (Wildman–Crippen LogP) is 3.87. The van der Waals surface area contributed by atoms with Crippen LogP contribution in [0.2, 0.25) is 0 Å². The molecule has 0 aliphatic heterocycles. The molecule has 0 saturated heterocycles. The number of ketones is 1. The lowest BCUT2D eigenvalue weighted by Crippen LogP contribution is -2.38. The molecule has 2 saturated carbocycles. The lowest BCUT2D eigenvalue weighted by Gasteiger charge is -2.29. The molecule has 2 N–H and O–H groups in total. The molecule has 5 heteroatoms. The van der Waals surface area contributed by atoms with Gasteiger partial charge in [-0.3, -0.25) is 9.59 Å². The molecule has 23 heavy (non-hydrogen) atoms. The molecule has 0 amide bonds. The lowest BCUT2D eigenvalue weighted by molar-refractivity contribution is -0.150. The van der Waals surface area contributed by atoms with Gasteiger partial charge in [-0.05, 0) is 49.7 Å². The average molecular weight is 320 g/mol. The third kappa shape index (κ3) is 2.52. The van der Waals surface area contributed by atoms with E-state index in [1.165, 1.54) is 6.07 Å². The van der Waals surface area contributed by atoms with Crippen LogP contribution in [0.25, 0.3) is 0 Å². The van der Waals surface area contributed by atoms with E-state index < -0.39 is 28.9 Å². The molecule has 1 aromatic carbocycles. The standard InChI is InChI=1S/C18H21FO4/c1-2-18(17(22)23)7-3-4-13(18)16(21)12-8-11(10-5-6-10)15(20)9-14(12)19/h8-10,13,20H,2-7H2,1H3,(H,22,23)/t13-,18+/m0/s1. The van der Waals surface area contributed by atoms with Crippen molar-refractivity contribution in [3.8, 4) is 5.75 Å². The Hall–Kier alpha value is -1.91. The Morgan fingerprint density at radius 3 is 2.57 bits per heavy atom. The van der Waals surface area contributed by atoms with Crippen LogP contribution in [0.5, 0.6) is 5.75 Å².